The molecule has 1 aliphatic heterocycles. The number of ether oxygens (including phenoxy) is 1. The Morgan fingerprint density at radius 1 is 1.17 bits per heavy atom. The van der Waals surface area contributed by atoms with Crippen LogP contribution >= 0.6 is 22.7 Å². The van der Waals surface area contributed by atoms with Crippen molar-refractivity contribution in [2.24, 2.45) is 0 Å². The second-order valence-corrected chi connectivity index (χ2v) is 9.32. The minimum Gasteiger partial charge on any atom is -0.462 e. The number of fused-ring (bicyclic) bond motifs is 1. The Labute approximate surface area is 184 Å². The van der Waals surface area contributed by atoms with E-state index >= 15 is 0 Å². The molecule has 1 aromatic carbocycles. The number of carbonyl (C=O) groups excluding carboxylic acids is 2. The number of hydrogen-bond acceptors (Lipinski definition) is 6. The molecule has 0 aliphatic carbocycles. The molecule has 1 N–H and O–H groups in total. The maximum atomic E-state index is 12.7. The Kier molecular flexibility index (Phi) is 6.62. The van der Waals surface area contributed by atoms with Gasteiger partial charge >= 0.3 is 5.97 Å². The second-order valence-electron chi connectivity index (χ2n) is 7.18. The third-order valence-electron chi connectivity index (χ3n) is 5.03. The first-order chi connectivity index (χ1) is 14.6. The average Bonchev–Trinajstić information content (AvgIpc) is 3.35. The predicted octanol–water partition coefficient (Wildman–Crippen LogP) is 4.73. The van der Waals surface area contributed by atoms with Gasteiger partial charge in [-0.2, -0.15) is 0 Å². The van der Waals surface area contributed by atoms with Crippen LogP contribution in [0.15, 0.2) is 47.8 Å². The molecule has 1 aliphatic rings. The monoisotopic (exact) mass is 440 g/mol. The lowest BCUT2D eigenvalue weighted by Gasteiger charge is -2.27. The molecule has 0 atom stereocenters. The molecule has 0 spiro atoms. The number of thiophene rings is 2. The van der Waals surface area contributed by atoms with Gasteiger partial charge in [-0.15, -0.1) is 22.7 Å². The summed E-state index contributed by atoms with van der Waals surface area (Å²) in [6.07, 6.45) is 1.08. The Morgan fingerprint density at radius 2 is 2.00 bits per heavy atom. The Hall–Kier alpha value is -2.48. The number of nitrogens with one attached hydrogen (secondary N) is 1. The third-order valence-corrected chi connectivity index (χ3v) is 7.04. The lowest BCUT2D eigenvalue weighted by molar-refractivity contribution is -0.115. The summed E-state index contributed by atoms with van der Waals surface area (Å²) in [5.74, 6) is -0.458. The molecule has 0 saturated heterocycles. The van der Waals surface area contributed by atoms with E-state index in [9.17, 15) is 9.59 Å². The molecule has 5 nitrogen and oxygen atoms in total. The molecular weight excluding hydrogens is 416 g/mol. The highest BCUT2D eigenvalue weighted by Crippen LogP contribution is 2.38. The highest BCUT2D eigenvalue weighted by Gasteiger charge is 2.29. The Bertz CT molecular complexity index is 1010. The number of esters is 1. The summed E-state index contributed by atoms with van der Waals surface area (Å²) in [5.41, 5.74) is 2.83. The topological polar surface area (TPSA) is 58.6 Å². The fourth-order valence-electron chi connectivity index (χ4n) is 3.68. The van der Waals surface area contributed by atoms with Gasteiger partial charge in [-0.05, 0) is 35.9 Å². The van der Waals surface area contributed by atoms with E-state index < -0.39 is 0 Å². The van der Waals surface area contributed by atoms with Crippen molar-refractivity contribution in [3.05, 3.63) is 74.3 Å². The highest BCUT2D eigenvalue weighted by atomic mass is 32.1. The van der Waals surface area contributed by atoms with Crippen molar-refractivity contribution in [3.8, 4) is 0 Å². The van der Waals surface area contributed by atoms with Gasteiger partial charge in [-0.1, -0.05) is 36.4 Å². The second kappa shape index (κ2) is 9.55. The molecule has 0 radical (unpaired) electrons. The molecule has 0 fully saturated rings. The van der Waals surface area contributed by atoms with Crippen molar-refractivity contribution in [1.29, 1.82) is 0 Å². The van der Waals surface area contributed by atoms with Gasteiger partial charge in [0.25, 0.3) is 0 Å². The van der Waals surface area contributed by atoms with Gasteiger partial charge in [0.1, 0.15) is 5.00 Å². The molecule has 3 heterocycles. The van der Waals surface area contributed by atoms with Crippen molar-refractivity contribution < 1.29 is 14.3 Å². The quantitative estimate of drug-likeness (QED) is 0.540. The standard InChI is InChI=1S/C23H24N2O3S2/c1-2-28-23(27)21-18-10-11-25(14-16-7-4-3-5-8-16)15-19(18)30-22(21)24-20(26)13-17-9-6-12-29-17/h3-9,12H,2,10-11,13-15H2,1H3,(H,24,26). The van der Waals surface area contributed by atoms with Crippen LogP contribution < -0.4 is 5.32 Å². The van der Waals surface area contributed by atoms with E-state index in [-0.39, 0.29) is 11.9 Å². The lowest BCUT2D eigenvalue weighted by atomic mass is 10.0. The lowest BCUT2D eigenvalue weighted by Crippen LogP contribution is -2.30. The predicted molar refractivity (Wildman–Crippen MR) is 121 cm³/mol. The molecule has 4 rings (SSSR count). The Balaban J connectivity index is 1.54. The van der Waals surface area contributed by atoms with Gasteiger partial charge in [-0.3, -0.25) is 9.69 Å². The number of hydrogen-bond donors (Lipinski definition) is 1. The van der Waals surface area contributed by atoms with Crippen LogP contribution in [0.3, 0.4) is 0 Å². The van der Waals surface area contributed by atoms with Crippen molar-refractivity contribution in [1.82, 2.24) is 4.90 Å². The smallest absolute Gasteiger partial charge is 0.341 e. The summed E-state index contributed by atoms with van der Waals surface area (Å²) in [7, 11) is 0. The molecule has 0 saturated carbocycles. The molecule has 7 heteroatoms. The van der Waals surface area contributed by atoms with Crippen LogP contribution in [0.2, 0.25) is 0 Å². The number of rotatable bonds is 7. The number of carbonyl (C=O) groups is 2. The van der Waals surface area contributed by atoms with Gasteiger partial charge in [0.15, 0.2) is 0 Å². The molecule has 30 heavy (non-hydrogen) atoms. The summed E-state index contributed by atoms with van der Waals surface area (Å²) in [4.78, 5) is 29.8. The SMILES string of the molecule is CCOC(=O)c1c(NC(=O)Cc2cccs2)sc2c1CCN(Cc1ccccc1)C2. The fourth-order valence-corrected chi connectivity index (χ4v) is 5.68. The molecule has 0 unspecified atom stereocenters. The first-order valence-electron chi connectivity index (χ1n) is 10.0. The van der Waals surface area contributed by atoms with Crippen LogP contribution in [0.5, 0.6) is 0 Å². The van der Waals surface area contributed by atoms with Crippen LogP contribution in [-0.2, 0) is 35.5 Å². The van der Waals surface area contributed by atoms with Gasteiger partial charge in [0.2, 0.25) is 5.91 Å². The largest absolute Gasteiger partial charge is 0.462 e. The van der Waals surface area contributed by atoms with Crippen LogP contribution in [0.25, 0.3) is 0 Å². The van der Waals surface area contributed by atoms with Crippen molar-refractivity contribution in [3.63, 3.8) is 0 Å². The number of anilines is 1. The maximum Gasteiger partial charge on any atom is 0.341 e. The van der Waals surface area contributed by atoms with Crippen LogP contribution in [0.1, 0.15) is 38.2 Å². The molecule has 3 aromatic rings. The first-order valence-corrected chi connectivity index (χ1v) is 11.7. The van der Waals surface area contributed by atoms with E-state index in [1.54, 1.807) is 18.3 Å². The summed E-state index contributed by atoms with van der Waals surface area (Å²) >= 11 is 3.05. The number of nitrogens with zero attached hydrogens (tertiary/aromatic N) is 1. The first kappa shape index (κ1) is 20.8. The van der Waals surface area contributed by atoms with Gasteiger partial charge < -0.3 is 10.1 Å². The van der Waals surface area contributed by atoms with E-state index in [4.69, 9.17) is 4.74 Å². The van der Waals surface area contributed by atoms with E-state index in [0.29, 0.717) is 23.6 Å². The molecule has 2 aromatic heterocycles. The zero-order valence-electron chi connectivity index (χ0n) is 16.8. The van der Waals surface area contributed by atoms with Gasteiger partial charge in [0.05, 0.1) is 18.6 Å². The van der Waals surface area contributed by atoms with Crippen LogP contribution in [-0.4, -0.2) is 29.9 Å². The molecule has 1 amide bonds. The summed E-state index contributed by atoms with van der Waals surface area (Å²) in [6.45, 7) is 4.61. The average molecular weight is 441 g/mol. The maximum absolute atomic E-state index is 12.7. The Morgan fingerprint density at radius 3 is 2.73 bits per heavy atom. The zero-order chi connectivity index (χ0) is 20.9. The van der Waals surface area contributed by atoms with E-state index in [1.165, 1.54) is 16.9 Å². The van der Waals surface area contributed by atoms with E-state index in [0.717, 1.165) is 41.4 Å². The summed E-state index contributed by atoms with van der Waals surface area (Å²) in [5, 5.41) is 5.55. The number of benzene rings is 1. The van der Waals surface area contributed by atoms with Gasteiger partial charge in [-0.25, -0.2) is 4.79 Å². The van der Waals surface area contributed by atoms with Crippen LogP contribution in [0, 0.1) is 0 Å². The highest BCUT2D eigenvalue weighted by molar-refractivity contribution is 7.17. The fraction of sp³-hybridized carbons (Fsp3) is 0.304. The normalized spacial score (nSPS) is 13.6. The van der Waals surface area contributed by atoms with Crippen molar-refractivity contribution >= 4 is 39.6 Å². The summed E-state index contributed by atoms with van der Waals surface area (Å²) < 4.78 is 5.31. The minimum absolute atomic E-state index is 0.109. The number of amides is 1. The molecule has 0 bridgehead atoms. The van der Waals surface area contributed by atoms with Crippen LogP contribution in [0.4, 0.5) is 5.00 Å². The molecule has 156 valence electrons. The van der Waals surface area contributed by atoms with E-state index in [2.05, 4.69) is 34.5 Å². The molecular formula is C23H24N2O3S2. The van der Waals surface area contributed by atoms with Crippen molar-refractivity contribution in [2.45, 2.75) is 32.9 Å². The van der Waals surface area contributed by atoms with E-state index in [1.807, 2.05) is 23.6 Å². The minimum atomic E-state index is -0.349. The zero-order valence-corrected chi connectivity index (χ0v) is 18.5. The van der Waals surface area contributed by atoms with Gasteiger partial charge in [0, 0.05) is 29.4 Å². The van der Waals surface area contributed by atoms with Crippen molar-refractivity contribution in [2.75, 3.05) is 18.5 Å². The summed E-state index contributed by atoms with van der Waals surface area (Å²) in [6, 6.07) is 14.3. The third kappa shape index (κ3) is 4.80.